The van der Waals surface area contributed by atoms with Gasteiger partial charge < -0.3 is 14.2 Å². The van der Waals surface area contributed by atoms with E-state index in [9.17, 15) is 14.4 Å². The Bertz CT molecular complexity index is 1060. The summed E-state index contributed by atoms with van der Waals surface area (Å²) in [4.78, 5) is 38.0. The van der Waals surface area contributed by atoms with Gasteiger partial charge in [-0.1, -0.05) is 231 Å². The second-order valence-corrected chi connectivity index (χ2v) is 18.5. The Morgan fingerprint density at radius 1 is 0.317 bits per heavy atom. The molecule has 0 saturated heterocycles. The van der Waals surface area contributed by atoms with Crippen molar-refractivity contribution in [3.05, 3.63) is 36.5 Å². The van der Waals surface area contributed by atoms with Gasteiger partial charge in [-0.05, 0) is 77.0 Å². The van der Waals surface area contributed by atoms with E-state index in [1.807, 2.05) is 0 Å². The van der Waals surface area contributed by atoms with Crippen LogP contribution < -0.4 is 0 Å². The number of carbonyl (C=O) groups is 3. The van der Waals surface area contributed by atoms with Gasteiger partial charge in [-0.15, -0.1) is 0 Å². The quantitative estimate of drug-likeness (QED) is 0.0262. The Morgan fingerprint density at radius 3 is 0.905 bits per heavy atom. The fourth-order valence-electron chi connectivity index (χ4n) is 7.94. The van der Waals surface area contributed by atoms with Crippen LogP contribution in [0.4, 0.5) is 0 Å². The summed E-state index contributed by atoms with van der Waals surface area (Å²) in [5.41, 5.74) is 0. The van der Waals surface area contributed by atoms with Gasteiger partial charge in [0.25, 0.3) is 0 Å². The minimum absolute atomic E-state index is 0.0768. The molecule has 0 aromatic carbocycles. The molecule has 0 saturated carbocycles. The van der Waals surface area contributed by atoms with Crippen LogP contribution >= 0.6 is 0 Å². The van der Waals surface area contributed by atoms with Crippen molar-refractivity contribution in [3.63, 3.8) is 0 Å². The van der Waals surface area contributed by atoms with Gasteiger partial charge in [0, 0.05) is 19.3 Å². The second kappa shape index (κ2) is 52.3. The topological polar surface area (TPSA) is 78.9 Å². The number of unbranched alkanes of at least 4 members (excludes halogenated alkanes) is 33. The van der Waals surface area contributed by atoms with Crippen LogP contribution in [-0.4, -0.2) is 37.2 Å². The van der Waals surface area contributed by atoms with Crippen LogP contribution in [0.15, 0.2) is 36.5 Å². The number of hydrogen-bond acceptors (Lipinski definition) is 6. The molecule has 0 aliphatic heterocycles. The molecule has 6 nitrogen and oxygen atoms in total. The van der Waals surface area contributed by atoms with Gasteiger partial charge in [-0.3, -0.25) is 14.4 Å². The zero-order valence-electron chi connectivity index (χ0n) is 42.1. The third kappa shape index (κ3) is 50.5. The monoisotopic (exact) mass is 885 g/mol. The molecule has 1 atom stereocenters. The lowest BCUT2D eigenvalue weighted by molar-refractivity contribution is -0.167. The number of rotatable bonds is 50. The maximum Gasteiger partial charge on any atom is 0.306 e. The Labute approximate surface area is 391 Å². The average Bonchev–Trinajstić information content (AvgIpc) is 3.28. The second-order valence-electron chi connectivity index (χ2n) is 18.5. The molecular formula is C57H104O6. The Morgan fingerprint density at radius 2 is 0.571 bits per heavy atom. The third-order valence-corrected chi connectivity index (χ3v) is 12.1. The molecule has 0 aliphatic carbocycles. The summed E-state index contributed by atoms with van der Waals surface area (Å²) in [7, 11) is 0. The van der Waals surface area contributed by atoms with E-state index < -0.39 is 6.10 Å². The van der Waals surface area contributed by atoms with E-state index in [1.54, 1.807) is 0 Å². The molecule has 1 unspecified atom stereocenters. The first-order valence-corrected chi connectivity index (χ1v) is 27.5. The molecule has 0 aromatic heterocycles. The van der Waals surface area contributed by atoms with Gasteiger partial charge in [-0.25, -0.2) is 0 Å². The van der Waals surface area contributed by atoms with E-state index in [-0.39, 0.29) is 31.1 Å². The number of allylic oxidation sites excluding steroid dienone is 6. The minimum atomic E-state index is -0.779. The Hall–Kier alpha value is -2.37. The summed E-state index contributed by atoms with van der Waals surface area (Å²) < 4.78 is 16.8. The third-order valence-electron chi connectivity index (χ3n) is 12.1. The minimum Gasteiger partial charge on any atom is -0.462 e. The summed E-state index contributed by atoms with van der Waals surface area (Å²) >= 11 is 0. The lowest BCUT2D eigenvalue weighted by atomic mass is 10.0. The Balaban J connectivity index is 4.38. The molecule has 368 valence electrons. The first kappa shape index (κ1) is 60.6. The summed E-state index contributed by atoms with van der Waals surface area (Å²) in [6, 6.07) is 0. The maximum atomic E-state index is 12.8. The van der Waals surface area contributed by atoms with Crippen LogP contribution in [0.5, 0.6) is 0 Å². The van der Waals surface area contributed by atoms with E-state index in [0.29, 0.717) is 19.3 Å². The van der Waals surface area contributed by atoms with Gasteiger partial charge in [-0.2, -0.15) is 0 Å². The molecule has 0 bridgehead atoms. The standard InChI is InChI=1S/C57H104O6/c1-4-7-10-13-16-19-22-25-28-30-32-35-38-41-44-47-50-56(59)62-53-54(52-61-55(58)49-46-43-40-37-34-31-27-24-21-18-15-12-9-6-3)63-57(60)51-48-45-42-39-36-33-29-26-23-20-17-14-11-8-5-2/h19,22,26,28-30,54H,4-18,20-21,23-25,27,31-53H2,1-3H3/b22-19-,29-26-,30-28-. The summed E-state index contributed by atoms with van der Waals surface area (Å²) in [5.74, 6) is -0.886. The molecule has 63 heavy (non-hydrogen) atoms. The van der Waals surface area contributed by atoms with Crippen molar-refractivity contribution in [1.29, 1.82) is 0 Å². The highest BCUT2D eigenvalue weighted by Crippen LogP contribution is 2.15. The highest BCUT2D eigenvalue weighted by Gasteiger charge is 2.19. The molecule has 6 heteroatoms. The number of esters is 3. The van der Waals surface area contributed by atoms with Gasteiger partial charge in [0.15, 0.2) is 6.10 Å². The SMILES string of the molecule is CCCCCC/C=C\C/C=C\CCCCCCCC(=O)OCC(COC(=O)CCCCCCCCCCCCCCCC)OC(=O)CCCCCCC/C=C\CCCCCCCC. The molecule has 0 radical (unpaired) electrons. The van der Waals surface area contributed by atoms with Crippen molar-refractivity contribution in [2.45, 2.75) is 297 Å². The van der Waals surface area contributed by atoms with Crippen LogP contribution in [-0.2, 0) is 28.6 Å². The highest BCUT2D eigenvalue weighted by atomic mass is 16.6. The van der Waals surface area contributed by atoms with Crippen molar-refractivity contribution in [2.75, 3.05) is 13.2 Å². The molecule has 0 heterocycles. The van der Waals surface area contributed by atoms with Gasteiger partial charge in [0.05, 0.1) is 0 Å². The first-order valence-electron chi connectivity index (χ1n) is 27.5. The van der Waals surface area contributed by atoms with Gasteiger partial charge in [0.1, 0.15) is 13.2 Å². The van der Waals surface area contributed by atoms with Crippen LogP contribution in [0, 0.1) is 0 Å². The van der Waals surface area contributed by atoms with Gasteiger partial charge in [0.2, 0.25) is 0 Å². The fourth-order valence-corrected chi connectivity index (χ4v) is 7.94. The zero-order chi connectivity index (χ0) is 45.8. The van der Waals surface area contributed by atoms with E-state index in [1.165, 1.54) is 167 Å². The zero-order valence-corrected chi connectivity index (χ0v) is 42.1. The van der Waals surface area contributed by atoms with E-state index in [0.717, 1.165) is 83.5 Å². The van der Waals surface area contributed by atoms with Crippen molar-refractivity contribution in [2.24, 2.45) is 0 Å². The number of carbonyl (C=O) groups excluding carboxylic acids is 3. The molecule has 0 fully saturated rings. The molecule has 0 spiro atoms. The lowest BCUT2D eigenvalue weighted by Gasteiger charge is -2.18. The fraction of sp³-hybridized carbons (Fsp3) is 0.842. The van der Waals surface area contributed by atoms with Crippen molar-refractivity contribution in [3.8, 4) is 0 Å². The largest absolute Gasteiger partial charge is 0.462 e. The van der Waals surface area contributed by atoms with Crippen LogP contribution in [0.3, 0.4) is 0 Å². The van der Waals surface area contributed by atoms with Crippen LogP contribution in [0.2, 0.25) is 0 Å². The lowest BCUT2D eigenvalue weighted by Crippen LogP contribution is -2.30. The number of hydrogen-bond donors (Lipinski definition) is 0. The van der Waals surface area contributed by atoms with E-state index >= 15 is 0 Å². The predicted molar refractivity (Wildman–Crippen MR) is 270 cm³/mol. The van der Waals surface area contributed by atoms with Crippen LogP contribution in [0.1, 0.15) is 290 Å². The summed E-state index contributed by atoms with van der Waals surface area (Å²) in [5, 5.41) is 0. The van der Waals surface area contributed by atoms with Gasteiger partial charge >= 0.3 is 17.9 Å². The number of ether oxygens (including phenoxy) is 3. The van der Waals surface area contributed by atoms with Crippen molar-refractivity contribution >= 4 is 17.9 Å². The summed E-state index contributed by atoms with van der Waals surface area (Å²) in [6.07, 6.45) is 61.2. The molecule has 0 aliphatic rings. The van der Waals surface area contributed by atoms with Crippen LogP contribution in [0.25, 0.3) is 0 Å². The maximum absolute atomic E-state index is 12.8. The van der Waals surface area contributed by atoms with E-state index in [4.69, 9.17) is 14.2 Å². The molecule has 0 aromatic rings. The molecule has 0 amide bonds. The molecule has 0 rings (SSSR count). The normalized spacial score (nSPS) is 12.2. The molecular weight excluding hydrogens is 781 g/mol. The average molecular weight is 885 g/mol. The first-order chi connectivity index (χ1) is 31.0. The predicted octanol–water partition coefficient (Wildman–Crippen LogP) is 18.1. The highest BCUT2D eigenvalue weighted by molar-refractivity contribution is 5.71. The Kier molecular flexibility index (Phi) is 50.3. The van der Waals surface area contributed by atoms with Crippen molar-refractivity contribution < 1.29 is 28.6 Å². The summed E-state index contributed by atoms with van der Waals surface area (Å²) in [6.45, 7) is 6.63. The smallest absolute Gasteiger partial charge is 0.306 e. The molecule has 0 N–H and O–H groups in total. The van der Waals surface area contributed by atoms with Crippen molar-refractivity contribution in [1.82, 2.24) is 0 Å². The van der Waals surface area contributed by atoms with E-state index in [2.05, 4.69) is 57.2 Å².